The number of phenols is 1. The molecule has 0 spiro atoms. The van der Waals surface area contributed by atoms with Crippen LogP contribution in [0.25, 0.3) is 20.8 Å². The molecule has 0 atom stereocenters. The minimum absolute atomic E-state index is 0.184. The average Bonchev–Trinajstić information content (AvgIpc) is 2.96. The van der Waals surface area contributed by atoms with Crippen molar-refractivity contribution >= 4 is 21.6 Å². The highest BCUT2D eigenvalue weighted by Gasteiger charge is 2.20. The third-order valence-corrected chi connectivity index (χ3v) is 5.58. The number of fused-ring (bicyclic) bond motifs is 2. The molecule has 5 nitrogen and oxygen atoms in total. The standard InChI is InChI=1S/C20H22N2O3S/c1-2-24-9-7-22-8-10-25-19-15(13-22)11-14(12-17(19)23)20-21-16-5-3-4-6-18(16)26-20/h3-6,11-12,23H,2,7-10,13H2,1H3. The van der Waals surface area contributed by atoms with Gasteiger partial charge in [-0.2, -0.15) is 0 Å². The van der Waals surface area contributed by atoms with Crippen molar-refractivity contribution in [1.82, 2.24) is 9.88 Å². The number of para-hydroxylation sites is 1. The smallest absolute Gasteiger partial charge is 0.165 e. The zero-order valence-corrected chi connectivity index (χ0v) is 15.6. The van der Waals surface area contributed by atoms with Crippen LogP contribution in [0.5, 0.6) is 11.5 Å². The van der Waals surface area contributed by atoms with Crippen molar-refractivity contribution in [2.75, 3.05) is 32.9 Å². The van der Waals surface area contributed by atoms with Gasteiger partial charge in [0.2, 0.25) is 0 Å². The molecule has 0 amide bonds. The van der Waals surface area contributed by atoms with E-state index in [1.54, 1.807) is 17.4 Å². The summed E-state index contributed by atoms with van der Waals surface area (Å²) in [5, 5.41) is 11.4. The molecule has 0 saturated carbocycles. The molecule has 1 aliphatic heterocycles. The van der Waals surface area contributed by atoms with Crippen molar-refractivity contribution in [1.29, 1.82) is 0 Å². The number of ether oxygens (including phenoxy) is 2. The van der Waals surface area contributed by atoms with E-state index in [2.05, 4.69) is 17.0 Å². The Hall–Kier alpha value is -2.15. The summed E-state index contributed by atoms with van der Waals surface area (Å²) in [7, 11) is 0. The molecule has 0 aliphatic carbocycles. The van der Waals surface area contributed by atoms with Gasteiger partial charge in [0.15, 0.2) is 11.5 Å². The summed E-state index contributed by atoms with van der Waals surface area (Å²) >= 11 is 1.64. The lowest BCUT2D eigenvalue weighted by atomic mass is 10.1. The van der Waals surface area contributed by atoms with Crippen LogP contribution in [-0.4, -0.2) is 47.9 Å². The van der Waals surface area contributed by atoms with E-state index in [9.17, 15) is 5.11 Å². The second kappa shape index (κ2) is 7.61. The summed E-state index contributed by atoms with van der Waals surface area (Å²) in [4.78, 5) is 7.00. The Kier molecular flexibility index (Phi) is 5.06. The van der Waals surface area contributed by atoms with E-state index in [0.717, 1.165) is 52.6 Å². The van der Waals surface area contributed by atoms with Gasteiger partial charge < -0.3 is 14.6 Å². The van der Waals surface area contributed by atoms with Gasteiger partial charge >= 0.3 is 0 Å². The van der Waals surface area contributed by atoms with E-state index >= 15 is 0 Å². The largest absolute Gasteiger partial charge is 0.504 e. The maximum Gasteiger partial charge on any atom is 0.165 e. The second-order valence-corrected chi connectivity index (χ2v) is 7.32. The molecule has 0 radical (unpaired) electrons. The summed E-state index contributed by atoms with van der Waals surface area (Å²) < 4.78 is 12.4. The van der Waals surface area contributed by atoms with Gasteiger partial charge in [0.05, 0.1) is 16.8 Å². The number of hydrogen-bond acceptors (Lipinski definition) is 6. The Balaban J connectivity index is 1.65. The molecule has 0 bridgehead atoms. The summed E-state index contributed by atoms with van der Waals surface area (Å²) in [5.41, 5.74) is 2.91. The normalized spacial score (nSPS) is 14.8. The molecule has 4 rings (SSSR count). The SMILES string of the molecule is CCOCCN1CCOc2c(O)cc(-c3nc4ccccc4s3)cc2C1. The maximum atomic E-state index is 10.5. The predicted molar refractivity (Wildman–Crippen MR) is 104 cm³/mol. The highest BCUT2D eigenvalue weighted by molar-refractivity contribution is 7.21. The van der Waals surface area contributed by atoms with Crippen molar-refractivity contribution < 1.29 is 14.6 Å². The second-order valence-electron chi connectivity index (χ2n) is 6.29. The molecule has 1 N–H and O–H groups in total. The summed E-state index contributed by atoms with van der Waals surface area (Å²) in [6.07, 6.45) is 0. The number of benzene rings is 2. The Morgan fingerprint density at radius 3 is 3.04 bits per heavy atom. The Morgan fingerprint density at radius 2 is 2.19 bits per heavy atom. The lowest BCUT2D eigenvalue weighted by Gasteiger charge is -2.19. The van der Waals surface area contributed by atoms with Crippen molar-refractivity contribution in [3.8, 4) is 22.1 Å². The zero-order chi connectivity index (χ0) is 17.9. The summed E-state index contributed by atoms with van der Waals surface area (Å²) in [5.74, 6) is 0.775. The van der Waals surface area contributed by atoms with Gasteiger partial charge in [0.1, 0.15) is 11.6 Å². The van der Waals surface area contributed by atoms with E-state index in [-0.39, 0.29) is 5.75 Å². The zero-order valence-electron chi connectivity index (χ0n) is 14.8. The lowest BCUT2D eigenvalue weighted by Crippen LogP contribution is -2.29. The topological polar surface area (TPSA) is 54.8 Å². The van der Waals surface area contributed by atoms with Crippen molar-refractivity contribution in [2.45, 2.75) is 13.5 Å². The van der Waals surface area contributed by atoms with Crippen LogP contribution in [0, 0.1) is 0 Å². The molecule has 0 unspecified atom stereocenters. The first-order valence-corrected chi connectivity index (χ1v) is 9.71. The fourth-order valence-electron chi connectivity index (χ4n) is 3.20. The number of rotatable bonds is 5. The molecular weight excluding hydrogens is 348 g/mol. The Bertz CT molecular complexity index is 876. The van der Waals surface area contributed by atoms with Crippen LogP contribution in [0.2, 0.25) is 0 Å². The number of nitrogens with zero attached hydrogens (tertiary/aromatic N) is 2. The third-order valence-electron chi connectivity index (χ3n) is 4.49. The van der Waals surface area contributed by atoms with Crippen LogP contribution in [0.3, 0.4) is 0 Å². The molecule has 2 heterocycles. The molecule has 136 valence electrons. The molecular formula is C20H22N2O3S. The van der Waals surface area contributed by atoms with E-state index in [1.165, 1.54) is 0 Å². The molecule has 0 saturated heterocycles. The van der Waals surface area contributed by atoms with Crippen LogP contribution in [0.4, 0.5) is 0 Å². The minimum atomic E-state index is 0.184. The molecule has 1 aliphatic rings. The van der Waals surface area contributed by atoms with Gasteiger partial charge in [-0.3, -0.25) is 4.90 Å². The van der Waals surface area contributed by atoms with Gasteiger partial charge in [0, 0.05) is 37.4 Å². The molecule has 6 heteroatoms. The predicted octanol–water partition coefficient (Wildman–Crippen LogP) is 3.90. The van der Waals surface area contributed by atoms with Crippen LogP contribution in [-0.2, 0) is 11.3 Å². The quantitative estimate of drug-likeness (QED) is 0.691. The first-order valence-electron chi connectivity index (χ1n) is 8.89. The van der Waals surface area contributed by atoms with Gasteiger partial charge in [-0.1, -0.05) is 12.1 Å². The van der Waals surface area contributed by atoms with E-state index < -0.39 is 0 Å². The lowest BCUT2D eigenvalue weighted by molar-refractivity contribution is 0.107. The summed E-state index contributed by atoms with van der Waals surface area (Å²) in [6, 6.07) is 11.9. The monoisotopic (exact) mass is 370 g/mol. The molecule has 1 aromatic heterocycles. The maximum absolute atomic E-state index is 10.5. The fourth-order valence-corrected chi connectivity index (χ4v) is 4.15. The van der Waals surface area contributed by atoms with Crippen LogP contribution >= 0.6 is 11.3 Å². The third kappa shape index (κ3) is 3.53. The van der Waals surface area contributed by atoms with Gasteiger partial charge in [0.25, 0.3) is 0 Å². The first kappa shape index (κ1) is 17.3. The number of phenolic OH excluding ortho intramolecular Hbond substituents is 1. The number of aromatic nitrogens is 1. The molecule has 2 aromatic carbocycles. The molecule has 26 heavy (non-hydrogen) atoms. The Labute approximate surface area is 156 Å². The van der Waals surface area contributed by atoms with Crippen molar-refractivity contribution in [3.05, 3.63) is 42.0 Å². The fraction of sp³-hybridized carbons (Fsp3) is 0.350. The van der Waals surface area contributed by atoms with Crippen LogP contribution in [0.15, 0.2) is 36.4 Å². The Morgan fingerprint density at radius 1 is 1.31 bits per heavy atom. The first-order chi connectivity index (χ1) is 12.7. The highest BCUT2D eigenvalue weighted by atomic mass is 32.1. The van der Waals surface area contributed by atoms with Crippen molar-refractivity contribution in [2.24, 2.45) is 0 Å². The summed E-state index contributed by atoms with van der Waals surface area (Å²) in [6.45, 7) is 6.39. The van der Waals surface area contributed by atoms with E-state index in [0.29, 0.717) is 19.0 Å². The highest BCUT2D eigenvalue weighted by Crippen LogP contribution is 2.39. The van der Waals surface area contributed by atoms with E-state index in [4.69, 9.17) is 14.5 Å². The van der Waals surface area contributed by atoms with Gasteiger partial charge in [-0.25, -0.2) is 4.98 Å². The minimum Gasteiger partial charge on any atom is -0.504 e. The number of hydrogen-bond donors (Lipinski definition) is 1. The van der Waals surface area contributed by atoms with Gasteiger partial charge in [-0.05, 0) is 31.2 Å². The number of aromatic hydroxyl groups is 1. The van der Waals surface area contributed by atoms with Crippen molar-refractivity contribution in [3.63, 3.8) is 0 Å². The van der Waals surface area contributed by atoms with Crippen LogP contribution in [0.1, 0.15) is 12.5 Å². The van der Waals surface area contributed by atoms with Crippen LogP contribution < -0.4 is 4.74 Å². The average molecular weight is 370 g/mol. The van der Waals surface area contributed by atoms with Gasteiger partial charge in [-0.15, -0.1) is 11.3 Å². The molecule has 0 fully saturated rings. The number of thiazole rings is 1. The van der Waals surface area contributed by atoms with E-state index in [1.807, 2.05) is 25.1 Å². The molecule has 3 aromatic rings.